The van der Waals surface area contributed by atoms with E-state index in [9.17, 15) is 12.8 Å². The molecule has 2 aliphatic heterocycles. The van der Waals surface area contributed by atoms with E-state index in [2.05, 4.69) is 30.9 Å². The number of aliphatic imine (C=N–C) groups is 1. The largest absolute Gasteiger partial charge is 0.315 e. The molecule has 142 valence electrons. The summed E-state index contributed by atoms with van der Waals surface area (Å²) in [5.74, 6) is 0.557. The van der Waals surface area contributed by atoms with Crippen molar-refractivity contribution in [1.82, 2.24) is 0 Å². The zero-order valence-corrected chi connectivity index (χ0v) is 16.9. The molecule has 0 aliphatic carbocycles. The van der Waals surface area contributed by atoms with E-state index in [0.717, 1.165) is 22.0 Å². The molecule has 0 N–H and O–H groups in total. The third-order valence-electron chi connectivity index (χ3n) is 5.13. The lowest BCUT2D eigenvalue weighted by molar-refractivity contribution is 0.601. The van der Waals surface area contributed by atoms with Gasteiger partial charge in [-0.25, -0.2) is 12.8 Å². The van der Waals surface area contributed by atoms with Crippen molar-refractivity contribution in [3.63, 3.8) is 0 Å². The van der Waals surface area contributed by atoms with Crippen LogP contribution in [0.3, 0.4) is 0 Å². The van der Waals surface area contributed by atoms with Gasteiger partial charge in [0.1, 0.15) is 5.82 Å². The van der Waals surface area contributed by atoms with Gasteiger partial charge in [0.05, 0.1) is 23.6 Å². The first kappa shape index (κ1) is 18.5. The molecule has 0 unspecified atom stereocenters. The van der Waals surface area contributed by atoms with Crippen LogP contribution in [0.25, 0.3) is 0 Å². The van der Waals surface area contributed by atoms with Crippen LogP contribution in [0, 0.1) is 19.7 Å². The maximum Gasteiger partial charge on any atom is 0.164 e. The number of anilines is 1. The summed E-state index contributed by atoms with van der Waals surface area (Å²) in [5, 5.41) is 0.812. The van der Waals surface area contributed by atoms with Crippen molar-refractivity contribution in [3.05, 3.63) is 65.0 Å². The fraction of sp³-hybridized carbons (Fsp3) is 0.350. The third-order valence-corrected chi connectivity index (χ3v) is 7.87. The molecule has 27 heavy (non-hydrogen) atoms. The first-order valence-corrected chi connectivity index (χ1v) is 11.6. The molecule has 7 heteroatoms. The van der Waals surface area contributed by atoms with E-state index in [-0.39, 0.29) is 29.4 Å². The minimum atomic E-state index is -3.07. The summed E-state index contributed by atoms with van der Waals surface area (Å²) >= 11 is 1.53. The lowest BCUT2D eigenvalue weighted by Gasteiger charge is -2.27. The van der Waals surface area contributed by atoms with Gasteiger partial charge in [0.25, 0.3) is 0 Å². The highest BCUT2D eigenvalue weighted by Gasteiger charge is 2.47. The molecule has 0 aromatic heterocycles. The number of hydrogen-bond donors (Lipinski definition) is 0. The fourth-order valence-electron chi connectivity index (χ4n) is 3.59. The van der Waals surface area contributed by atoms with E-state index in [1.54, 1.807) is 6.07 Å². The molecular formula is C20H21FN2O2S2. The van der Waals surface area contributed by atoms with Crippen LogP contribution in [0.5, 0.6) is 0 Å². The van der Waals surface area contributed by atoms with Crippen LogP contribution in [0.1, 0.15) is 16.7 Å². The number of aryl methyl sites for hydroxylation is 2. The number of sulfone groups is 1. The van der Waals surface area contributed by atoms with Gasteiger partial charge in [-0.2, -0.15) is 0 Å². The smallest absolute Gasteiger partial charge is 0.164 e. The number of nitrogens with zero attached hydrogens (tertiary/aromatic N) is 2. The normalized spacial score (nSPS) is 23.4. The molecule has 0 saturated carbocycles. The summed E-state index contributed by atoms with van der Waals surface area (Å²) in [6.45, 7) is 4.11. The predicted octanol–water partition coefficient (Wildman–Crippen LogP) is 3.72. The Bertz CT molecular complexity index is 1020. The molecule has 2 atom stereocenters. The second kappa shape index (κ2) is 6.95. The van der Waals surface area contributed by atoms with Crippen molar-refractivity contribution < 1.29 is 12.8 Å². The van der Waals surface area contributed by atoms with Crippen molar-refractivity contribution in [2.75, 3.05) is 16.4 Å². The number of halogens is 1. The topological polar surface area (TPSA) is 49.7 Å². The van der Waals surface area contributed by atoms with Crippen LogP contribution < -0.4 is 4.90 Å². The van der Waals surface area contributed by atoms with Crippen molar-refractivity contribution in [2.45, 2.75) is 31.7 Å². The van der Waals surface area contributed by atoms with Gasteiger partial charge in [0, 0.05) is 11.4 Å². The highest BCUT2D eigenvalue weighted by Crippen LogP contribution is 2.36. The lowest BCUT2D eigenvalue weighted by atomic mass is 10.1. The molecule has 4 nitrogen and oxygen atoms in total. The Morgan fingerprint density at radius 1 is 1.15 bits per heavy atom. The molecule has 0 amide bonds. The summed E-state index contributed by atoms with van der Waals surface area (Å²) in [6.07, 6.45) is 0. The second-order valence-corrected chi connectivity index (χ2v) is 10.3. The summed E-state index contributed by atoms with van der Waals surface area (Å²) in [5.41, 5.74) is 4.20. The standard InChI is InChI=1S/C20H21FN2O2S2/c1-13-6-7-17(8-14(13)2)23-19-12-27(24,25)11-18(19)22-20(23)26-10-15-4-3-5-16(21)9-15/h3-9,18-19H,10-12H2,1-2H3/t18-,19-/m1/s1. The van der Waals surface area contributed by atoms with E-state index in [1.807, 2.05) is 12.1 Å². The van der Waals surface area contributed by atoms with Crippen molar-refractivity contribution in [2.24, 2.45) is 4.99 Å². The Balaban J connectivity index is 1.64. The molecule has 2 aromatic rings. The quantitative estimate of drug-likeness (QED) is 0.782. The lowest BCUT2D eigenvalue weighted by Crippen LogP contribution is -2.39. The zero-order valence-electron chi connectivity index (χ0n) is 15.2. The molecule has 2 aromatic carbocycles. The molecule has 2 aliphatic rings. The number of hydrogen-bond acceptors (Lipinski definition) is 5. The predicted molar refractivity (Wildman–Crippen MR) is 110 cm³/mol. The van der Waals surface area contributed by atoms with Crippen molar-refractivity contribution >= 4 is 32.5 Å². The van der Waals surface area contributed by atoms with Gasteiger partial charge < -0.3 is 4.90 Å². The van der Waals surface area contributed by atoms with Gasteiger partial charge in [-0.15, -0.1) is 0 Å². The van der Waals surface area contributed by atoms with E-state index in [0.29, 0.717) is 5.75 Å². The van der Waals surface area contributed by atoms with Gasteiger partial charge in [-0.1, -0.05) is 30.0 Å². The average Bonchev–Trinajstić information content (AvgIpc) is 3.07. The fourth-order valence-corrected chi connectivity index (χ4v) is 6.49. The molecule has 4 rings (SSSR count). The van der Waals surface area contributed by atoms with Crippen molar-refractivity contribution in [1.29, 1.82) is 0 Å². The van der Waals surface area contributed by atoms with Crippen LogP contribution in [0.15, 0.2) is 47.5 Å². The maximum absolute atomic E-state index is 13.4. The van der Waals surface area contributed by atoms with Gasteiger partial charge in [-0.05, 0) is 54.8 Å². The summed E-state index contributed by atoms with van der Waals surface area (Å²) in [4.78, 5) is 6.79. The van der Waals surface area contributed by atoms with Crippen LogP contribution in [-0.2, 0) is 15.6 Å². The molecule has 0 bridgehead atoms. The van der Waals surface area contributed by atoms with E-state index in [1.165, 1.54) is 29.5 Å². The van der Waals surface area contributed by atoms with E-state index < -0.39 is 9.84 Å². The number of rotatable bonds is 3. The zero-order chi connectivity index (χ0) is 19.2. The molecular weight excluding hydrogens is 383 g/mol. The van der Waals surface area contributed by atoms with Crippen LogP contribution in [0.2, 0.25) is 0 Å². The Labute approximate surface area is 163 Å². The molecule has 1 saturated heterocycles. The van der Waals surface area contributed by atoms with Gasteiger partial charge in [0.2, 0.25) is 0 Å². The molecule has 2 heterocycles. The van der Waals surface area contributed by atoms with Gasteiger partial charge in [-0.3, -0.25) is 4.99 Å². The highest BCUT2D eigenvalue weighted by atomic mass is 32.2. The Hall–Kier alpha value is -1.86. The number of amidine groups is 1. The van der Waals surface area contributed by atoms with E-state index >= 15 is 0 Å². The summed E-state index contributed by atoms with van der Waals surface area (Å²) in [6, 6.07) is 12.3. The molecule has 0 spiro atoms. The Morgan fingerprint density at radius 3 is 2.70 bits per heavy atom. The SMILES string of the molecule is Cc1ccc(N2C(SCc3cccc(F)c3)=N[C@@H]3CS(=O)(=O)C[C@H]32)cc1C. The van der Waals surface area contributed by atoms with E-state index in [4.69, 9.17) is 4.99 Å². The third kappa shape index (κ3) is 3.75. The number of thioether (sulfide) groups is 1. The van der Waals surface area contributed by atoms with Crippen LogP contribution in [0.4, 0.5) is 10.1 Å². The monoisotopic (exact) mass is 404 g/mol. The minimum absolute atomic E-state index is 0.100. The van der Waals surface area contributed by atoms with Crippen molar-refractivity contribution in [3.8, 4) is 0 Å². The summed E-state index contributed by atoms with van der Waals surface area (Å²) < 4.78 is 37.7. The first-order valence-electron chi connectivity index (χ1n) is 8.84. The average molecular weight is 405 g/mol. The van der Waals surface area contributed by atoms with Crippen LogP contribution in [-0.4, -0.2) is 37.2 Å². The van der Waals surface area contributed by atoms with Crippen LogP contribution >= 0.6 is 11.8 Å². The van der Waals surface area contributed by atoms with Gasteiger partial charge in [0.15, 0.2) is 15.0 Å². The number of fused-ring (bicyclic) bond motifs is 1. The molecule has 0 radical (unpaired) electrons. The number of benzene rings is 2. The van der Waals surface area contributed by atoms with Gasteiger partial charge >= 0.3 is 0 Å². The molecule has 1 fully saturated rings. The first-order chi connectivity index (χ1) is 12.8. The summed E-state index contributed by atoms with van der Waals surface area (Å²) in [7, 11) is -3.07. The maximum atomic E-state index is 13.4. The minimum Gasteiger partial charge on any atom is -0.315 e. The Kier molecular flexibility index (Phi) is 4.76. The second-order valence-electron chi connectivity index (χ2n) is 7.18. The Morgan fingerprint density at radius 2 is 1.96 bits per heavy atom. The highest BCUT2D eigenvalue weighted by molar-refractivity contribution is 8.13.